The molecular formula is C25H41FN6O5. The minimum Gasteiger partial charge on any atom is -0.497 e. The van der Waals surface area contributed by atoms with Crippen molar-refractivity contribution in [2.45, 2.75) is 52.5 Å². The molecule has 1 aliphatic heterocycles. The van der Waals surface area contributed by atoms with Crippen molar-refractivity contribution < 1.29 is 28.3 Å². The zero-order chi connectivity index (χ0) is 28.2. The molecule has 0 bridgehead atoms. The van der Waals surface area contributed by atoms with E-state index in [0.29, 0.717) is 30.7 Å². The number of amides is 3. The maximum atomic E-state index is 12.4. The number of ketones is 1. The predicted octanol–water partition coefficient (Wildman–Crippen LogP) is 1.16. The molecule has 0 saturated carbocycles. The van der Waals surface area contributed by atoms with E-state index in [4.69, 9.17) is 16.2 Å². The number of nitrogens with one attached hydrogen (secondary N) is 2. The van der Waals surface area contributed by atoms with Crippen LogP contribution in [0.3, 0.4) is 0 Å². The molecule has 11 nitrogen and oxygen atoms in total. The first-order valence-corrected chi connectivity index (χ1v) is 12.3. The van der Waals surface area contributed by atoms with Crippen LogP contribution < -0.4 is 26.8 Å². The second-order valence-corrected chi connectivity index (χ2v) is 8.06. The third-order valence-electron chi connectivity index (χ3n) is 4.75. The lowest BCUT2D eigenvalue weighted by atomic mass is 10.2. The molecule has 12 heteroatoms. The quantitative estimate of drug-likeness (QED) is 0.263. The van der Waals surface area contributed by atoms with E-state index < -0.39 is 42.8 Å². The number of halogens is 1. The van der Waals surface area contributed by atoms with Crippen molar-refractivity contribution in [3.8, 4) is 5.75 Å². The lowest BCUT2D eigenvalue weighted by molar-refractivity contribution is -0.138. The van der Waals surface area contributed by atoms with Crippen LogP contribution in [0.25, 0.3) is 0 Å². The molecule has 0 aliphatic carbocycles. The molecule has 37 heavy (non-hydrogen) atoms. The Balaban J connectivity index is 0.00000110. The summed E-state index contributed by atoms with van der Waals surface area (Å²) in [6, 6.07) is 5.70. The average Bonchev–Trinajstić information content (AvgIpc) is 3.40. The number of nitrogens with two attached hydrogens (primary N) is 2. The van der Waals surface area contributed by atoms with Crippen molar-refractivity contribution in [2.24, 2.45) is 16.5 Å². The highest BCUT2D eigenvalue weighted by Gasteiger charge is 2.34. The lowest BCUT2D eigenvalue weighted by Gasteiger charge is -2.24. The number of ether oxygens (including phenoxy) is 1. The van der Waals surface area contributed by atoms with Crippen molar-refractivity contribution in [2.75, 3.05) is 40.0 Å². The minimum atomic E-state index is -1.15. The fourth-order valence-electron chi connectivity index (χ4n) is 3.03. The first-order valence-electron chi connectivity index (χ1n) is 12.3. The number of aliphatic imine (C=N–C) groups is 1. The summed E-state index contributed by atoms with van der Waals surface area (Å²) in [5.41, 5.74) is 10.4. The number of hydrogen-bond donors (Lipinski definition) is 4. The minimum absolute atomic E-state index is 0.182. The molecule has 1 fully saturated rings. The molecule has 1 atom stereocenters. The zero-order valence-electron chi connectivity index (χ0n) is 22.2. The number of nitrogens with zero attached hydrogens (tertiary/aromatic N) is 2. The molecule has 0 radical (unpaired) electrons. The number of hydrogen-bond acceptors (Lipinski definition) is 6. The van der Waals surface area contributed by atoms with Crippen LogP contribution in [0.4, 0.5) is 4.39 Å². The molecule has 1 aliphatic rings. The second-order valence-electron chi connectivity index (χ2n) is 8.06. The molecule has 2 rings (SSSR count). The number of Topliss-reactive ketones (excluding diaryl/α,β-unsaturated/α-hetero) is 1. The Kier molecular flexibility index (Phi) is 17.5. The summed E-state index contributed by atoms with van der Waals surface area (Å²) in [6.45, 7) is 5.59. The van der Waals surface area contributed by atoms with E-state index in [2.05, 4.69) is 29.5 Å². The van der Waals surface area contributed by atoms with Crippen molar-refractivity contribution in [1.82, 2.24) is 15.5 Å². The van der Waals surface area contributed by atoms with Crippen LogP contribution in [-0.2, 0) is 14.4 Å². The Morgan fingerprint density at radius 3 is 2.19 bits per heavy atom. The summed E-state index contributed by atoms with van der Waals surface area (Å²) in [5.74, 6) is -1.25. The van der Waals surface area contributed by atoms with E-state index in [1.807, 2.05) is 6.92 Å². The molecule has 1 heterocycles. The van der Waals surface area contributed by atoms with Gasteiger partial charge in [-0.2, -0.15) is 0 Å². The van der Waals surface area contributed by atoms with Crippen molar-refractivity contribution in [3.63, 3.8) is 0 Å². The highest BCUT2D eigenvalue weighted by atomic mass is 19.1. The number of alkyl halides is 1. The molecular weight excluding hydrogens is 483 g/mol. The third-order valence-corrected chi connectivity index (χ3v) is 4.75. The van der Waals surface area contributed by atoms with E-state index in [1.165, 1.54) is 18.4 Å². The van der Waals surface area contributed by atoms with Gasteiger partial charge in [0.25, 0.3) is 5.91 Å². The van der Waals surface area contributed by atoms with Gasteiger partial charge in [-0.15, -0.1) is 0 Å². The Labute approximate surface area is 218 Å². The summed E-state index contributed by atoms with van der Waals surface area (Å²) < 4.78 is 17.2. The van der Waals surface area contributed by atoms with E-state index in [9.17, 15) is 23.6 Å². The van der Waals surface area contributed by atoms with Crippen molar-refractivity contribution in [3.05, 3.63) is 29.8 Å². The summed E-state index contributed by atoms with van der Waals surface area (Å²) in [6.07, 6.45) is 3.33. The van der Waals surface area contributed by atoms with E-state index in [-0.39, 0.29) is 12.5 Å². The molecule has 3 amide bonds. The van der Waals surface area contributed by atoms with Crippen LogP contribution >= 0.6 is 0 Å². The van der Waals surface area contributed by atoms with Crippen molar-refractivity contribution in [1.29, 1.82) is 0 Å². The Morgan fingerprint density at radius 1 is 1.08 bits per heavy atom. The molecule has 1 aromatic rings. The zero-order valence-corrected chi connectivity index (χ0v) is 22.2. The fourth-order valence-corrected chi connectivity index (χ4v) is 3.03. The molecule has 208 valence electrons. The van der Waals surface area contributed by atoms with Gasteiger partial charge in [-0.25, -0.2) is 4.39 Å². The number of methoxy groups -OCH3 is 1. The summed E-state index contributed by atoms with van der Waals surface area (Å²) in [4.78, 5) is 52.7. The SMILES string of the molecule is CCC.CCCN=C(N)N.COc1ccc(C(=O)NCC(=O)N2CCCC2C(=O)NCC(=O)CF)cc1. The smallest absolute Gasteiger partial charge is 0.251 e. The largest absolute Gasteiger partial charge is 0.497 e. The van der Waals surface area contributed by atoms with Crippen LogP contribution in [0.2, 0.25) is 0 Å². The molecule has 1 aromatic carbocycles. The van der Waals surface area contributed by atoms with Gasteiger partial charge in [0.1, 0.15) is 18.5 Å². The molecule has 0 aromatic heterocycles. The first kappa shape index (κ1) is 33.3. The van der Waals surface area contributed by atoms with Gasteiger partial charge in [-0.1, -0.05) is 27.2 Å². The Hall–Kier alpha value is -3.70. The molecule has 6 N–H and O–H groups in total. The number of guanidine groups is 1. The maximum Gasteiger partial charge on any atom is 0.251 e. The van der Waals surface area contributed by atoms with E-state index in [0.717, 1.165) is 13.0 Å². The molecule has 1 unspecified atom stereocenters. The highest BCUT2D eigenvalue weighted by molar-refractivity contribution is 5.97. The van der Waals surface area contributed by atoms with Gasteiger partial charge in [0.05, 0.1) is 20.2 Å². The topological polar surface area (TPSA) is 169 Å². The third kappa shape index (κ3) is 13.8. The fraction of sp³-hybridized carbons (Fsp3) is 0.560. The van der Waals surface area contributed by atoms with Crippen LogP contribution in [0.1, 0.15) is 56.8 Å². The van der Waals surface area contributed by atoms with Gasteiger partial charge in [-0.05, 0) is 43.5 Å². The number of rotatable bonds is 10. The average molecular weight is 525 g/mol. The highest BCUT2D eigenvalue weighted by Crippen LogP contribution is 2.17. The predicted molar refractivity (Wildman–Crippen MR) is 141 cm³/mol. The van der Waals surface area contributed by atoms with Gasteiger partial charge >= 0.3 is 0 Å². The number of carbonyl (C=O) groups excluding carboxylic acids is 4. The van der Waals surface area contributed by atoms with E-state index >= 15 is 0 Å². The Bertz CT molecular complexity index is 875. The Morgan fingerprint density at radius 2 is 1.70 bits per heavy atom. The summed E-state index contributed by atoms with van der Waals surface area (Å²) in [7, 11) is 1.52. The first-order chi connectivity index (χ1) is 17.6. The normalized spacial score (nSPS) is 13.6. The van der Waals surface area contributed by atoms with Crippen LogP contribution in [-0.4, -0.2) is 80.4 Å². The van der Waals surface area contributed by atoms with Gasteiger partial charge in [-0.3, -0.25) is 24.2 Å². The van der Waals surface area contributed by atoms with Crippen molar-refractivity contribution >= 4 is 29.5 Å². The van der Waals surface area contributed by atoms with Gasteiger partial charge < -0.3 is 31.7 Å². The van der Waals surface area contributed by atoms with Crippen LogP contribution in [0.5, 0.6) is 5.75 Å². The standard InChI is InChI=1S/C18H22FN3O5.C4H11N3.C3H8/c1-27-14-6-4-12(5-7-14)17(25)21-11-16(24)22-8-2-3-15(22)18(26)20-10-13(23)9-19;1-2-3-7-4(5)6;1-3-2/h4-7,15H,2-3,8-11H2,1H3,(H,20,26)(H,21,25);2-3H2,1H3,(H4,5,6,7);3H2,1-2H3. The van der Waals surface area contributed by atoms with Crippen LogP contribution in [0, 0.1) is 0 Å². The number of likely N-dealkylation sites (tertiary alicyclic amines) is 1. The lowest BCUT2D eigenvalue weighted by Crippen LogP contribution is -2.49. The maximum absolute atomic E-state index is 12.4. The molecule has 1 saturated heterocycles. The summed E-state index contributed by atoms with van der Waals surface area (Å²) >= 11 is 0. The van der Waals surface area contributed by atoms with E-state index in [1.54, 1.807) is 24.3 Å². The monoisotopic (exact) mass is 524 g/mol. The molecule has 0 spiro atoms. The van der Waals surface area contributed by atoms with Gasteiger partial charge in [0, 0.05) is 18.7 Å². The van der Waals surface area contributed by atoms with Crippen LogP contribution in [0.15, 0.2) is 29.3 Å². The summed E-state index contributed by atoms with van der Waals surface area (Å²) in [5, 5.41) is 4.87. The second kappa shape index (κ2) is 19.5. The van der Waals surface area contributed by atoms with Gasteiger partial charge in [0.2, 0.25) is 11.8 Å². The van der Waals surface area contributed by atoms with Gasteiger partial charge in [0.15, 0.2) is 11.7 Å². The number of benzene rings is 1. The number of carbonyl (C=O) groups is 4.